The summed E-state index contributed by atoms with van der Waals surface area (Å²) in [5, 5.41) is 19.6. The Balaban J connectivity index is 2.22. The monoisotopic (exact) mass is 246 g/mol. The van der Waals surface area contributed by atoms with E-state index in [1.807, 2.05) is 30.3 Å². The molecule has 4 heteroatoms. The van der Waals surface area contributed by atoms with E-state index in [-0.39, 0.29) is 6.61 Å². The topological polar surface area (TPSA) is 66.8 Å². The number of benzene rings is 2. The number of aliphatic hydroxyl groups excluding tert-OH is 2. The van der Waals surface area contributed by atoms with Crippen LogP contribution >= 0.6 is 0 Å². The molecule has 0 bridgehead atoms. The minimum Gasteiger partial charge on any atom is -0.459 e. The van der Waals surface area contributed by atoms with Crippen molar-refractivity contribution in [1.82, 2.24) is 0 Å². The van der Waals surface area contributed by atoms with Crippen molar-refractivity contribution >= 4 is 16.7 Å². The molecule has 1 unspecified atom stereocenters. The van der Waals surface area contributed by atoms with Crippen molar-refractivity contribution in [2.45, 2.75) is 6.10 Å². The van der Waals surface area contributed by atoms with Crippen LogP contribution in [0.1, 0.15) is 10.4 Å². The van der Waals surface area contributed by atoms with Crippen LogP contribution in [0.4, 0.5) is 0 Å². The van der Waals surface area contributed by atoms with Gasteiger partial charge in [0.25, 0.3) is 0 Å². The number of carbonyl (C=O) groups is 1. The van der Waals surface area contributed by atoms with Crippen molar-refractivity contribution in [3.05, 3.63) is 48.0 Å². The Labute approximate surface area is 104 Å². The third-order valence-corrected chi connectivity index (χ3v) is 2.63. The highest BCUT2D eigenvalue weighted by Crippen LogP contribution is 2.19. The molecule has 2 aromatic rings. The number of hydrogen-bond donors (Lipinski definition) is 2. The van der Waals surface area contributed by atoms with Gasteiger partial charge in [-0.25, -0.2) is 4.79 Å². The van der Waals surface area contributed by atoms with E-state index in [9.17, 15) is 4.79 Å². The first kappa shape index (κ1) is 12.5. The van der Waals surface area contributed by atoms with Gasteiger partial charge in [-0.3, -0.25) is 0 Å². The summed E-state index contributed by atoms with van der Waals surface area (Å²) in [6, 6.07) is 12.9. The third-order valence-electron chi connectivity index (χ3n) is 2.63. The van der Waals surface area contributed by atoms with E-state index < -0.39 is 18.7 Å². The van der Waals surface area contributed by atoms with Crippen molar-refractivity contribution in [1.29, 1.82) is 0 Å². The second-order valence-electron chi connectivity index (χ2n) is 3.96. The molecule has 0 aromatic heterocycles. The Kier molecular flexibility index (Phi) is 3.92. The van der Waals surface area contributed by atoms with Gasteiger partial charge in [-0.05, 0) is 16.8 Å². The molecule has 0 aliphatic carbocycles. The summed E-state index contributed by atoms with van der Waals surface area (Å²) in [5.74, 6) is -0.501. The summed E-state index contributed by atoms with van der Waals surface area (Å²) in [6.07, 6.45) is -1.04. The van der Waals surface area contributed by atoms with Crippen LogP contribution < -0.4 is 0 Å². The van der Waals surface area contributed by atoms with Gasteiger partial charge in [-0.2, -0.15) is 0 Å². The fourth-order valence-electron chi connectivity index (χ4n) is 1.71. The summed E-state index contributed by atoms with van der Waals surface area (Å²) >= 11 is 0. The van der Waals surface area contributed by atoms with E-state index in [1.165, 1.54) is 0 Å². The Morgan fingerprint density at radius 2 is 1.89 bits per heavy atom. The largest absolute Gasteiger partial charge is 0.459 e. The van der Waals surface area contributed by atoms with Crippen molar-refractivity contribution in [2.75, 3.05) is 13.2 Å². The fraction of sp³-hybridized carbons (Fsp3) is 0.214. The SMILES string of the molecule is O=C(OCC(O)CO)c1cccc2ccccc12. The van der Waals surface area contributed by atoms with Gasteiger partial charge in [0.15, 0.2) is 0 Å². The minimum atomic E-state index is -1.04. The van der Waals surface area contributed by atoms with Crippen molar-refractivity contribution in [3.63, 3.8) is 0 Å². The molecule has 2 N–H and O–H groups in total. The second-order valence-corrected chi connectivity index (χ2v) is 3.96. The van der Waals surface area contributed by atoms with E-state index in [0.717, 1.165) is 10.8 Å². The van der Waals surface area contributed by atoms with Gasteiger partial charge in [0.2, 0.25) is 0 Å². The van der Waals surface area contributed by atoms with Gasteiger partial charge in [-0.1, -0.05) is 36.4 Å². The van der Waals surface area contributed by atoms with Crippen LogP contribution in [-0.2, 0) is 4.74 Å². The van der Waals surface area contributed by atoms with Crippen molar-refractivity contribution < 1.29 is 19.7 Å². The van der Waals surface area contributed by atoms with Crippen LogP contribution in [0.15, 0.2) is 42.5 Å². The number of aliphatic hydroxyl groups is 2. The highest BCUT2D eigenvalue weighted by Gasteiger charge is 2.12. The Morgan fingerprint density at radius 1 is 1.17 bits per heavy atom. The summed E-state index contributed by atoms with van der Waals surface area (Å²) < 4.78 is 4.94. The molecule has 0 saturated carbocycles. The molecule has 94 valence electrons. The van der Waals surface area contributed by atoms with E-state index in [4.69, 9.17) is 14.9 Å². The number of carbonyl (C=O) groups excluding carboxylic acids is 1. The lowest BCUT2D eigenvalue weighted by atomic mass is 10.1. The van der Waals surface area contributed by atoms with Gasteiger partial charge < -0.3 is 14.9 Å². The fourth-order valence-corrected chi connectivity index (χ4v) is 1.71. The molecule has 0 aliphatic rings. The predicted molar refractivity (Wildman–Crippen MR) is 67.3 cm³/mol. The highest BCUT2D eigenvalue weighted by molar-refractivity contribution is 6.04. The average molecular weight is 246 g/mol. The van der Waals surface area contributed by atoms with E-state index >= 15 is 0 Å². The number of hydrogen-bond acceptors (Lipinski definition) is 4. The molecule has 0 saturated heterocycles. The average Bonchev–Trinajstić information content (AvgIpc) is 2.43. The van der Waals surface area contributed by atoms with Crippen LogP contribution in [0.3, 0.4) is 0 Å². The van der Waals surface area contributed by atoms with Crippen LogP contribution in [-0.4, -0.2) is 35.5 Å². The molecule has 2 rings (SSSR count). The molecule has 0 amide bonds. The van der Waals surface area contributed by atoms with E-state index in [2.05, 4.69) is 0 Å². The zero-order chi connectivity index (χ0) is 13.0. The standard InChI is InChI=1S/C14H14O4/c15-8-11(16)9-18-14(17)13-7-3-5-10-4-1-2-6-12(10)13/h1-7,11,15-16H,8-9H2. The van der Waals surface area contributed by atoms with Gasteiger partial charge in [0, 0.05) is 0 Å². The molecule has 0 aliphatic heterocycles. The Hall–Kier alpha value is -1.91. The highest BCUT2D eigenvalue weighted by atomic mass is 16.5. The van der Waals surface area contributed by atoms with Crippen LogP contribution in [0.5, 0.6) is 0 Å². The molecule has 2 aromatic carbocycles. The maximum atomic E-state index is 11.9. The Bertz CT molecular complexity index is 545. The normalized spacial score (nSPS) is 12.3. The number of rotatable bonds is 4. The summed E-state index contributed by atoms with van der Waals surface area (Å²) in [4.78, 5) is 11.9. The first-order valence-electron chi connectivity index (χ1n) is 5.66. The number of esters is 1. The van der Waals surface area contributed by atoms with Crippen LogP contribution in [0, 0.1) is 0 Å². The maximum absolute atomic E-state index is 11.9. The molecule has 4 nitrogen and oxygen atoms in total. The first-order chi connectivity index (χ1) is 8.72. The smallest absolute Gasteiger partial charge is 0.338 e. The zero-order valence-electron chi connectivity index (χ0n) is 9.74. The lowest BCUT2D eigenvalue weighted by Crippen LogP contribution is -2.22. The molecule has 18 heavy (non-hydrogen) atoms. The predicted octanol–water partition coefficient (Wildman–Crippen LogP) is 1.35. The molecule has 0 heterocycles. The van der Waals surface area contributed by atoms with Crippen LogP contribution in [0.2, 0.25) is 0 Å². The molecule has 0 spiro atoms. The molecule has 0 fully saturated rings. The van der Waals surface area contributed by atoms with Gasteiger partial charge in [-0.15, -0.1) is 0 Å². The summed E-state index contributed by atoms with van der Waals surface area (Å²) in [7, 11) is 0. The van der Waals surface area contributed by atoms with Crippen molar-refractivity contribution in [3.8, 4) is 0 Å². The first-order valence-corrected chi connectivity index (χ1v) is 5.66. The lowest BCUT2D eigenvalue weighted by molar-refractivity contribution is 0.00948. The molecule has 0 radical (unpaired) electrons. The maximum Gasteiger partial charge on any atom is 0.338 e. The van der Waals surface area contributed by atoms with Crippen molar-refractivity contribution in [2.24, 2.45) is 0 Å². The van der Waals surface area contributed by atoms with E-state index in [0.29, 0.717) is 5.56 Å². The van der Waals surface area contributed by atoms with Gasteiger partial charge in [0.05, 0.1) is 12.2 Å². The summed E-state index contributed by atoms with van der Waals surface area (Å²) in [5.41, 5.74) is 0.457. The van der Waals surface area contributed by atoms with Gasteiger partial charge in [0.1, 0.15) is 12.7 Å². The molecular formula is C14H14O4. The summed E-state index contributed by atoms with van der Waals surface area (Å²) in [6.45, 7) is -0.638. The lowest BCUT2D eigenvalue weighted by Gasteiger charge is -2.10. The van der Waals surface area contributed by atoms with Gasteiger partial charge >= 0.3 is 5.97 Å². The quantitative estimate of drug-likeness (QED) is 0.799. The molecular weight excluding hydrogens is 232 g/mol. The van der Waals surface area contributed by atoms with E-state index in [1.54, 1.807) is 12.1 Å². The second kappa shape index (κ2) is 5.62. The third kappa shape index (κ3) is 2.67. The Morgan fingerprint density at radius 3 is 2.67 bits per heavy atom. The number of ether oxygens (including phenoxy) is 1. The van der Waals surface area contributed by atoms with Crippen LogP contribution in [0.25, 0.3) is 10.8 Å². The zero-order valence-corrected chi connectivity index (χ0v) is 9.74. The molecule has 1 atom stereocenters. The minimum absolute atomic E-state index is 0.210. The number of fused-ring (bicyclic) bond motifs is 1.